The van der Waals surface area contributed by atoms with Gasteiger partial charge in [0.05, 0.1) is 23.4 Å². The minimum Gasteiger partial charge on any atom is -0.460 e. The van der Waals surface area contributed by atoms with Crippen LogP contribution >= 0.6 is 27.3 Å². The van der Waals surface area contributed by atoms with E-state index in [1.807, 2.05) is 11.4 Å². The lowest BCUT2D eigenvalue weighted by Gasteiger charge is -1.96. The van der Waals surface area contributed by atoms with Gasteiger partial charge in [-0.3, -0.25) is 0 Å². The molecule has 1 N–H and O–H groups in total. The number of hydrogen-bond acceptors (Lipinski definition) is 4. The molecule has 0 spiro atoms. The fraction of sp³-hybridized carbons (Fsp3) is 0.200. The van der Waals surface area contributed by atoms with E-state index in [0.717, 1.165) is 15.0 Å². The number of carbonyl (C=O) groups is 1. The van der Waals surface area contributed by atoms with Gasteiger partial charge in [-0.2, -0.15) is 0 Å². The molecule has 2 aromatic rings. The zero-order valence-corrected chi connectivity index (χ0v) is 10.9. The Bertz CT molecular complexity index is 506. The predicted molar refractivity (Wildman–Crippen MR) is 65.6 cm³/mol. The molecule has 0 amide bonds. The van der Waals surface area contributed by atoms with E-state index < -0.39 is 5.97 Å². The summed E-state index contributed by atoms with van der Waals surface area (Å²) in [5.41, 5.74) is 0.818. The summed E-state index contributed by atoms with van der Waals surface area (Å²) < 4.78 is 5.86. The number of H-pyrrole nitrogens is 1. The topological polar surface area (TPSA) is 55.0 Å². The van der Waals surface area contributed by atoms with Gasteiger partial charge in [-0.05, 0) is 28.9 Å². The smallest absolute Gasteiger partial charge is 0.374 e. The van der Waals surface area contributed by atoms with Gasteiger partial charge in [-0.25, -0.2) is 9.78 Å². The Kier molecular flexibility index (Phi) is 3.40. The summed E-state index contributed by atoms with van der Waals surface area (Å²) in [5.74, 6) is -0.189. The summed E-state index contributed by atoms with van der Waals surface area (Å²) in [7, 11) is 0. The number of carbonyl (C=O) groups excluding carboxylic acids is 1. The lowest BCUT2D eigenvalue weighted by Crippen LogP contribution is -2.06. The molecule has 0 unspecified atom stereocenters. The van der Waals surface area contributed by atoms with E-state index in [0.29, 0.717) is 6.61 Å². The Balaban J connectivity index is 2.22. The van der Waals surface area contributed by atoms with E-state index in [2.05, 4.69) is 25.9 Å². The number of halogens is 1. The average Bonchev–Trinajstić information content (AvgIpc) is 2.85. The van der Waals surface area contributed by atoms with Gasteiger partial charge in [0, 0.05) is 9.85 Å². The van der Waals surface area contributed by atoms with Crippen molar-refractivity contribution >= 4 is 33.2 Å². The number of imidazole rings is 1. The number of esters is 1. The predicted octanol–water partition coefficient (Wildman–Crippen LogP) is 3.08. The van der Waals surface area contributed by atoms with Crippen LogP contribution in [0.3, 0.4) is 0 Å². The van der Waals surface area contributed by atoms with Crippen LogP contribution in [0.1, 0.15) is 17.5 Å². The number of rotatable bonds is 3. The number of nitrogens with zero attached hydrogens (tertiary/aromatic N) is 1. The van der Waals surface area contributed by atoms with Crippen LogP contribution in [0, 0.1) is 0 Å². The summed E-state index contributed by atoms with van der Waals surface area (Å²) in [6, 6.07) is 1.97. The molecule has 84 valence electrons. The highest BCUT2D eigenvalue weighted by Gasteiger charge is 2.12. The maximum absolute atomic E-state index is 11.4. The van der Waals surface area contributed by atoms with Crippen molar-refractivity contribution in [3.05, 3.63) is 27.9 Å². The first-order valence-electron chi connectivity index (χ1n) is 4.67. The molecule has 0 radical (unpaired) electrons. The fourth-order valence-electron chi connectivity index (χ4n) is 1.20. The van der Waals surface area contributed by atoms with Crippen LogP contribution in [0.15, 0.2) is 22.1 Å². The highest BCUT2D eigenvalue weighted by atomic mass is 79.9. The molecule has 0 aliphatic rings. The van der Waals surface area contributed by atoms with Gasteiger partial charge < -0.3 is 9.72 Å². The molecule has 2 heterocycles. The zero-order chi connectivity index (χ0) is 11.5. The van der Waals surface area contributed by atoms with Crippen LogP contribution < -0.4 is 0 Å². The molecule has 16 heavy (non-hydrogen) atoms. The first-order chi connectivity index (χ1) is 7.70. The monoisotopic (exact) mass is 300 g/mol. The van der Waals surface area contributed by atoms with Gasteiger partial charge in [-0.1, -0.05) is 0 Å². The molecule has 0 bridgehead atoms. The minimum absolute atomic E-state index is 0.237. The lowest BCUT2D eigenvalue weighted by atomic mass is 10.4. The zero-order valence-electron chi connectivity index (χ0n) is 8.49. The van der Waals surface area contributed by atoms with Crippen molar-refractivity contribution < 1.29 is 9.53 Å². The van der Waals surface area contributed by atoms with Crippen molar-refractivity contribution in [3.63, 3.8) is 0 Å². The van der Waals surface area contributed by atoms with Gasteiger partial charge in [-0.15, -0.1) is 11.3 Å². The largest absolute Gasteiger partial charge is 0.460 e. The summed E-state index contributed by atoms with van der Waals surface area (Å²) in [6.07, 6.45) is 1.63. The quantitative estimate of drug-likeness (QED) is 0.886. The molecule has 0 fully saturated rings. The second-order valence-corrected chi connectivity index (χ2v) is 4.82. The summed E-state index contributed by atoms with van der Waals surface area (Å²) in [5, 5.41) is 1.97. The Morgan fingerprint density at radius 2 is 2.50 bits per heavy atom. The first-order valence-corrected chi connectivity index (χ1v) is 6.34. The van der Waals surface area contributed by atoms with E-state index in [4.69, 9.17) is 4.74 Å². The van der Waals surface area contributed by atoms with Crippen LogP contribution in [0.4, 0.5) is 0 Å². The average molecular weight is 301 g/mol. The fourth-order valence-corrected chi connectivity index (χ4v) is 2.60. The number of ether oxygens (including phenoxy) is 1. The van der Waals surface area contributed by atoms with E-state index in [-0.39, 0.29) is 5.82 Å². The highest BCUT2D eigenvalue weighted by molar-refractivity contribution is 9.10. The SMILES string of the molecule is CCOC(=O)c1ncc(-c2cc(Br)cs2)[nH]1. The standard InChI is InChI=1S/C10H9BrN2O2S/c1-2-15-10(14)9-12-4-7(13-9)8-3-6(11)5-16-8/h3-5H,2H2,1H3,(H,12,13). The molecular formula is C10H9BrN2O2S. The summed E-state index contributed by atoms with van der Waals surface area (Å²) in [6.45, 7) is 2.11. The van der Waals surface area contributed by atoms with E-state index in [1.54, 1.807) is 24.5 Å². The van der Waals surface area contributed by atoms with Gasteiger partial charge in [0.25, 0.3) is 0 Å². The number of hydrogen-bond donors (Lipinski definition) is 1. The second kappa shape index (κ2) is 4.80. The van der Waals surface area contributed by atoms with Crippen LogP contribution in [-0.4, -0.2) is 22.5 Å². The molecule has 0 atom stereocenters. The molecule has 0 saturated carbocycles. The minimum atomic E-state index is -0.427. The molecule has 0 saturated heterocycles. The first kappa shape index (κ1) is 11.3. The molecule has 6 heteroatoms. The maximum Gasteiger partial charge on any atom is 0.374 e. The van der Waals surface area contributed by atoms with Crippen molar-refractivity contribution in [2.24, 2.45) is 0 Å². The molecule has 0 aliphatic carbocycles. The maximum atomic E-state index is 11.4. The van der Waals surface area contributed by atoms with E-state index in [9.17, 15) is 4.79 Å². The molecule has 0 aromatic carbocycles. The number of aromatic amines is 1. The number of thiophene rings is 1. The van der Waals surface area contributed by atoms with Crippen molar-refractivity contribution in [2.45, 2.75) is 6.92 Å². The van der Waals surface area contributed by atoms with Crippen LogP contribution in [0.25, 0.3) is 10.6 Å². The Hall–Kier alpha value is -1.14. The molecular weight excluding hydrogens is 292 g/mol. The van der Waals surface area contributed by atoms with Crippen molar-refractivity contribution in [2.75, 3.05) is 6.61 Å². The van der Waals surface area contributed by atoms with Crippen LogP contribution in [0.2, 0.25) is 0 Å². The third-order valence-corrected chi connectivity index (χ3v) is 3.60. The Labute approximate surface area is 105 Å². The number of aromatic nitrogens is 2. The van der Waals surface area contributed by atoms with Crippen LogP contribution in [0.5, 0.6) is 0 Å². The van der Waals surface area contributed by atoms with Gasteiger partial charge in [0.15, 0.2) is 0 Å². The normalized spacial score (nSPS) is 10.4. The summed E-state index contributed by atoms with van der Waals surface area (Å²) >= 11 is 4.95. The molecule has 0 aliphatic heterocycles. The van der Waals surface area contributed by atoms with Crippen molar-refractivity contribution in [1.82, 2.24) is 9.97 Å². The lowest BCUT2D eigenvalue weighted by molar-refractivity contribution is 0.0513. The van der Waals surface area contributed by atoms with Gasteiger partial charge in [0.2, 0.25) is 5.82 Å². The van der Waals surface area contributed by atoms with E-state index >= 15 is 0 Å². The van der Waals surface area contributed by atoms with Crippen LogP contribution in [-0.2, 0) is 4.74 Å². The third kappa shape index (κ3) is 2.33. The summed E-state index contributed by atoms with van der Waals surface area (Å²) in [4.78, 5) is 19.3. The van der Waals surface area contributed by atoms with E-state index in [1.165, 1.54) is 0 Å². The van der Waals surface area contributed by atoms with Gasteiger partial charge >= 0.3 is 5.97 Å². The Morgan fingerprint density at radius 1 is 1.69 bits per heavy atom. The van der Waals surface area contributed by atoms with Crippen molar-refractivity contribution in [1.29, 1.82) is 0 Å². The third-order valence-electron chi connectivity index (χ3n) is 1.88. The second-order valence-electron chi connectivity index (χ2n) is 3.00. The van der Waals surface area contributed by atoms with Gasteiger partial charge in [0.1, 0.15) is 0 Å². The Morgan fingerprint density at radius 3 is 3.12 bits per heavy atom. The highest BCUT2D eigenvalue weighted by Crippen LogP contribution is 2.28. The molecule has 2 rings (SSSR count). The van der Waals surface area contributed by atoms with Crippen molar-refractivity contribution in [3.8, 4) is 10.6 Å². The molecule has 4 nitrogen and oxygen atoms in total. The molecule has 2 aromatic heterocycles. The number of nitrogens with one attached hydrogen (secondary N) is 1.